The number of hydrogen-bond acceptors (Lipinski definition) is 5. The van der Waals surface area contributed by atoms with Crippen molar-refractivity contribution >= 4 is 0 Å². The molecule has 5 nitrogen and oxygen atoms in total. The number of aromatic nitrogens is 1. The van der Waals surface area contributed by atoms with Crippen molar-refractivity contribution in [2.75, 3.05) is 6.61 Å². The van der Waals surface area contributed by atoms with Gasteiger partial charge in [-0.3, -0.25) is 4.98 Å². The van der Waals surface area contributed by atoms with E-state index in [1.807, 2.05) is 0 Å². The van der Waals surface area contributed by atoms with Gasteiger partial charge in [-0.2, -0.15) is 0 Å². The second kappa shape index (κ2) is 6.32. The number of hydrogen-bond donors (Lipinski definition) is 3. The Kier molecular flexibility index (Phi) is 4.74. The molecule has 5 heteroatoms. The number of aliphatic hydroxyl groups is 1. The Morgan fingerprint density at radius 3 is 3.00 bits per heavy atom. The number of rotatable bonds is 5. The van der Waals surface area contributed by atoms with Crippen molar-refractivity contribution in [3.05, 3.63) is 23.0 Å². The third-order valence-corrected chi connectivity index (χ3v) is 3.72. The molecule has 1 aliphatic heterocycles. The Morgan fingerprint density at radius 1 is 1.58 bits per heavy atom. The van der Waals surface area contributed by atoms with E-state index < -0.39 is 0 Å². The molecule has 0 radical (unpaired) electrons. The van der Waals surface area contributed by atoms with Crippen LogP contribution in [0.2, 0.25) is 0 Å². The van der Waals surface area contributed by atoms with Crippen molar-refractivity contribution in [1.29, 1.82) is 0 Å². The highest BCUT2D eigenvalue weighted by Crippen LogP contribution is 2.24. The number of aromatic hydroxyl groups is 1. The van der Waals surface area contributed by atoms with Crippen LogP contribution >= 0.6 is 0 Å². The average Bonchev–Trinajstić information content (AvgIpc) is 2.94. The molecule has 0 spiro atoms. The van der Waals surface area contributed by atoms with Gasteiger partial charge >= 0.3 is 0 Å². The number of nitrogens with zero attached hydrogens (tertiary/aromatic N) is 1. The van der Waals surface area contributed by atoms with Crippen molar-refractivity contribution in [1.82, 2.24) is 10.3 Å². The van der Waals surface area contributed by atoms with Gasteiger partial charge in [0.2, 0.25) is 0 Å². The summed E-state index contributed by atoms with van der Waals surface area (Å²) in [5.41, 5.74) is 1.97. The van der Waals surface area contributed by atoms with Crippen LogP contribution in [0.25, 0.3) is 0 Å². The molecule has 2 unspecified atom stereocenters. The highest BCUT2D eigenvalue weighted by Gasteiger charge is 2.22. The molecule has 2 heterocycles. The van der Waals surface area contributed by atoms with E-state index in [1.165, 1.54) is 0 Å². The Morgan fingerprint density at radius 2 is 2.37 bits per heavy atom. The van der Waals surface area contributed by atoms with E-state index in [1.54, 1.807) is 13.1 Å². The van der Waals surface area contributed by atoms with E-state index in [0.29, 0.717) is 17.8 Å². The largest absolute Gasteiger partial charge is 0.506 e. The van der Waals surface area contributed by atoms with Crippen molar-refractivity contribution in [3.8, 4) is 5.75 Å². The van der Waals surface area contributed by atoms with Gasteiger partial charge in [-0.05, 0) is 26.7 Å². The van der Waals surface area contributed by atoms with Gasteiger partial charge in [-0.25, -0.2) is 0 Å². The summed E-state index contributed by atoms with van der Waals surface area (Å²) in [5, 5.41) is 22.7. The van der Waals surface area contributed by atoms with Crippen LogP contribution in [-0.2, 0) is 17.9 Å². The van der Waals surface area contributed by atoms with E-state index in [0.717, 1.165) is 25.0 Å². The smallest absolute Gasteiger partial charge is 0.141 e. The number of aryl methyl sites for hydroxylation is 1. The van der Waals surface area contributed by atoms with Crippen LogP contribution in [0, 0.1) is 6.92 Å². The molecular weight excluding hydrogens is 244 g/mol. The molecule has 2 rings (SSSR count). The number of pyridine rings is 1. The van der Waals surface area contributed by atoms with E-state index in [2.05, 4.69) is 17.2 Å². The summed E-state index contributed by atoms with van der Waals surface area (Å²) in [7, 11) is 0. The van der Waals surface area contributed by atoms with Crippen molar-refractivity contribution < 1.29 is 14.9 Å². The van der Waals surface area contributed by atoms with Crippen molar-refractivity contribution in [2.45, 2.75) is 52.0 Å². The molecule has 2 atom stereocenters. The molecule has 3 N–H and O–H groups in total. The Labute approximate surface area is 113 Å². The molecule has 1 aliphatic rings. The first kappa shape index (κ1) is 14.2. The predicted molar refractivity (Wildman–Crippen MR) is 71.8 cm³/mol. The van der Waals surface area contributed by atoms with Crippen LogP contribution < -0.4 is 5.32 Å². The van der Waals surface area contributed by atoms with Gasteiger partial charge in [0.25, 0.3) is 0 Å². The molecule has 1 aromatic heterocycles. The summed E-state index contributed by atoms with van der Waals surface area (Å²) in [6.07, 6.45) is 4.03. The third-order valence-electron chi connectivity index (χ3n) is 3.72. The molecule has 0 aromatic carbocycles. The lowest BCUT2D eigenvalue weighted by Gasteiger charge is -2.21. The number of nitrogens with one attached hydrogen (secondary N) is 1. The summed E-state index contributed by atoms with van der Waals surface area (Å²) >= 11 is 0. The zero-order valence-electron chi connectivity index (χ0n) is 11.5. The van der Waals surface area contributed by atoms with E-state index >= 15 is 0 Å². The van der Waals surface area contributed by atoms with Gasteiger partial charge in [0.05, 0.1) is 18.4 Å². The molecule has 0 aliphatic carbocycles. The second-order valence-electron chi connectivity index (χ2n) is 5.08. The predicted octanol–water partition coefficient (Wildman–Crippen LogP) is 1.25. The summed E-state index contributed by atoms with van der Waals surface area (Å²) in [6.45, 7) is 5.06. The fourth-order valence-corrected chi connectivity index (χ4v) is 2.41. The quantitative estimate of drug-likeness (QED) is 0.748. The minimum atomic E-state index is -0.119. The fourth-order valence-electron chi connectivity index (χ4n) is 2.41. The summed E-state index contributed by atoms with van der Waals surface area (Å²) in [6, 6.07) is 0.224. The summed E-state index contributed by atoms with van der Waals surface area (Å²) in [5.74, 6) is 0.165. The van der Waals surface area contributed by atoms with E-state index in [9.17, 15) is 10.2 Å². The molecule has 1 fully saturated rings. The van der Waals surface area contributed by atoms with Crippen LogP contribution in [-0.4, -0.2) is 33.9 Å². The molecule has 0 amide bonds. The standard InChI is InChI=1S/C14H22N2O3/c1-9(13-4-3-5-19-13)16-7-12-11(8-17)6-15-10(2)14(12)18/h6,9,13,16-18H,3-5,7-8H2,1-2H3. The topological polar surface area (TPSA) is 74.6 Å². The van der Waals surface area contributed by atoms with Crippen molar-refractivity contribution in [3.63, 3.8) is 0 Å². The minimum absolute atomic E-state index is 0.119. The highest BCUT2D eigenvalue weighted by atomic mass is 16.5. The van der Waals surface area contributed by atoms with Gasteiger partial charge < -0.3 is 20.3 Å². The van der Waals surface area contributed by atoms with E-state index in [-0.39, 0.29) is 24.5 Å². The Balaban J connectivity index is 2.03. The van der Waals surface area contributed by atoms with Gasteiger partial charge in [0.1, 0.15) is 5.75 Å². The lowest BCUT2D eigenvalue weighted by atomic mass is 10.1. The molecule has 0 saturated carbocycles. The van der Waals surface area contributed by atoms with Gasteiger partial charge in [-0.15, -0.1) is 0 Å². The molecule has 0 bridgehead atoms. The number of aliphatic hydroxyl groups excluding tert-OH is 1. The molecule has 1 aromatic rings. The maximum atomic E-state index is 10.0. The lowest BCUT2D eigenvalue weighted by molar-refractivity contribution is 0.0830. The fraction of sp³-hybridized carbons (Fsp3) is 0.643. The van der Waals surface area contributed by atoms with Crippen molar-refractivity contribution in [2.24, 2.45) is 0 Å². The second-order valence-corrected chi connectivity index (χ2v) is 5.08. The highest BCUT2D eigenvalue weighted by molar-refractivity contribution is 5.40. The van der Waals surface area contributed by atoms with Crippen LogP contribution in [0.4, 0.5) is 0 Å². The minimum Gasteiger partial charge on any atom is -0.506 e. The third kappa shape index (κ3) is 3.23. The summed E-state index contributed by atoms with van der Waals surface area (Å²) in [4.78, 5) is 4.05. The van der Waals surface area contributed by atoms with Crippen LogP contribution in [0.3, 0.4) is 0 Å². The van der Waals surface area contributed by atoms with Gasteiger partial charge in [0, 0.05) is 36.5 Å². The van der Waals surface area contributed by atoms with E-state index in [4.69, 9.17) is 4.74 Å². The van der Waals surface area contributed by atoms with Gasteiger partial charge in [-0.1, -0.05) is 0 Å². The normalized spacial score (nSPS) is 20.7. The first-order chi connectivity index (χ1) is 9.13. The number of ether oxygens (including phenoxy) is 1. The molecule has 19 heavy (non-hydrogen) atoms. The van der Waals surface area contributed by atoms with Crippen LogP contribution in [0.5, 0.6) is 5.75 Å². The monoisotopic (exact) mass is 266 g/mol. The Hall–Kier alpha value is -1.17. The Bertz CT molecular complexity index is 431. The average molecular weight is 266 g/mol. The first-order valence-electron chi connectivity index (χ1n) is 6.75. The van der Waals surface area contributed by atoms with Crippen LogP contribution in [0.15, 0.2) is 6.20 Å². The summed E-state index contributed by atoms with van der Waals surface area (Å²) < 4.78 is 5.63. The zero-order valence-corrected chi connectivity index (χ0v) is 11.5. The molecule has 1 saturated heterocycles. The maximum absolute atomic E-state index is 10.0. The maximum Gasteiger partial charge on any atom is 0.141 e. The van der Waals surface area contributed by atoms with Crippen LogP contribution in [0.1, 0.15) is 36.6 Å². The zero-order chi connectivity index (χ0) is 13.8. The first-order valence-corrected chi connectivity index (χ1v) is 6.75. The van der Waals surface area contributed by atoms with Gasteiger partial charge in [0.15, 0.2) is 0 Å². The lowest BCUT2D eigenvalue weighted by Crippen LogP contribution is -2.36. The molecular formula is C14H22N2O3. The molecule has 106 valence electrons. The SMILES string of the molecule is Cc1ncc(CO)c(CNC(C)C2CCCO2)c1O.